The van der Waals surface area contributed by atoms with Crippen LogP contribution in [-0.2, 0) is 21.0 Å². The fourth-order valence-corrected chi connectivity index (χ4v) is 9.32. The van der Waals surface area contributed by atoms with Crippen molar-refractivity contribution in [3.8, 4) is 0 Å². The molecule has 4 aliphatic carbocycles. The van der Waals surface area contributed by atoms with E-state index in [9.17, 15) is 19.8 Å². The smallest absolute Gasteiger partial charge is 0.192 e. The van der Waals surface area contributed by atoms with Crippen molar-refractivity contribution in [2.75, 3.05) is 13.2 Å². The zero-order chi connectivity index (χ0) is 25.7. The minimum atomic E-state index is -2.21. The Hall–Kier alpha value is -1.78. The van der Waals surface area contributed by atoms with Crippen LogP contribution in [0.15, 0.2) is 41.3 Å². The van der Waals surface area contributed by atoms with E-state index in [2.05, 4.69) is 0 Å². The minimum Gasteiger partial charge on any atom is -0.390 e. The predicted octanol–water partition coefficient (Wildman–Crippen LogP) is 3.34. The maximum Gasteiger partial charge on any atom is 0.192 e. The summed E-state index contributed by atoms with van der Waals surface area (Å²) in [6.45, 7) is 3.58. The first kappa shape index (κ1) is 24.6. The molecule has 9 atom stereocenters. The summed E-state index contributed by atoms with van der Waals surface area (Å²) in [6.07, 6.45) is 0.983. The summed E-state index contributed by atoms with van der Waals surface area (Å²) in [5, 5.41) is 25.2. The van der Waals surface area contributed by atoms with Gasteiger partial charge in [0.25, 0.3) is 0 Å². The number of Topliss-reactive ketones (excluding diaryl/α,β-unsaturated/α-hetero) is 1. The molecule has 0 aromatic carbocycles. The summed E-state index contributed by atoms with van der Waals surface area (Å²) in [5.74, 6) is -2.52. The van der Waals surface area contributed by atoms with Crippen molar-refractivity contribution in [1.82, 2.24) is 5.06 Å². The van der Waals surface area contributed by atoms with Crippen LogP contribution in [0, 0.1) is 28.6 Å². The Morgan fingerprint density at radius 2 is 2.08 bits per heavy atom. The van der Waals surface area contributed by atoms with Crippen molar-refractivity contribution in [1.29, 1.82) is 0 Å². The molecule has 0 amide bonds. The Morgan fingerprint density at radius 1 is 1.31 bits per heavy atom. The molecule has 2 heterocycles. The fourth-order valence-electron chi connectivity index (χ4n) is 8.61. The number of thiophene rings is 1. The number of ketones is 2. The summed E-state index contributed by atoms with van der Waals surface area (Å²) in [5.41, 5.74) is -6.03. The number of hydroxylamine groups is 2. The third-order valence-electron chi connectivity index (χ3n) is 10.1. The summed E-state index contributed by atoms with van der Waals surface area (Å²) in [7, 11) is 0. The van der Waals surface area contributed by atoms with Gasteiger partial charge >= 0.3 is 0 Å². The highest BCUT2D eigenvalue weighted by molar-refractivity contribution is 7.09. The number of rotatable bonds is 4. The summed E-state index contributed by atoms with van der Waals surface area (Å²) in [4.78, 5) is 33.0. The molecule has 0 unspecified atom stereocenters. The third-order valence-corrected chi connectivity index (χ3v) is 11.0. The van der Waals surface area contributed by atoms with Gasteiger partial charge in [0.05, 0.1) is 12.6 Å². The van der Waals surface area contributed by atoms with Crippen LogP contribution in [-0.4, -0.2) is 63.5 Å². The number of aliphatic hydroxyl groups is 2. The Balaban J connectivity index is 1.42. The molecule has 9 heteroatoms. The number of nitrogens with zero attached hydrogens (tertiary/aromatic N) is 1. The SMILES string of the molecule is C[C@]12C=CC(=O)C=C1[C@@H](F)C[C@H]1[C@@H]3C[C@H]4CN(Cc5cccs5)O[C@@]4(C(=O)CO)[C@@]3(C)C[C@H](O)[C@@]12F. The van der Waals surface area contributed by atoms with Crippen LogP contribution in [0.5, 0.6) is 0 Å². The van der Waals surface area contributed by atoms with Gasteiger partial charge < -0.3 is 10.2 Å². The zero-order valence-electron chi connectivity index (χ0n) is 20.3. The molecule has 0 radical (unpaired) electrons. The van der Waals surface area contributed by atoms with E-state index in [0.29, 0.717) is 19.5 Å². The molecule has 2 N–H and O–H groups in total. The van der Waals surface area contributed by atoms with Crippen molar-refractivity contribution in [2.45, 2.75) is 63.2 Å². The molecule has 5 aliphatic rings. The molecule has 4 fully saturated rings. The molecule has 0 spiro atoms. The average Bonchev–Trinajstić information content (AvgIpc) is 3.53. The normalized spacial score (nSPS) is 47.7. The highest BCUT2D eigenvalue weighted by Crippen LogP contribution is 2.72. The maximum atomic E-state index is 17.3. The largest absolute Gasteiger partial charge is 0.390 e. The number of aliphatic hydroxyl groups excluding tert-OH is 2. The van der Waals surface area contributed by atoms with Crippen molar-refractivity contribution in [2.24, 2.45) is 28.6 Å². The fraction of sp³-hybridized carbons (Fsp3) is 0.630. The average molecular weight is 520 g/mol. The number of hydrogen-bond donors (Lipinski definition) is 2. The van der Waals surface area contributed by atoms with Gasteiger partial charge in [-0.05, 0) is 61.3 Å². The Bertz CT molecular complexity index is 1170. The highest BCUT2D eigenvalue weighted by atomic mass is 32.1. The van der Waals surface area contributed by atoms with Gasteiger partial charge in [-0.2, -0.15) is 5.06 Å². The molecule has 6 nitrogen and oxygen atoms in total. The molecule has 36 heavy (non-hydrogen) atoms. The first-order chi connectivity index (χ1) is 17.0. The highest BCUT2D eigenvalue weighted by Gasteiger charge is 2.79. The van der Waals surface area contributed by atoms with Gasteiger partial charge in [0.1, 0.15) is 12.8 Å². The van der Waals surface area contributed by atoms with Crippen molar-refractivity contribution >= 4 is 22.9 Å². The molecule has 6 rings (SSSR count). The Morgan fingerprint density at radius 3 is 2.78 bits per heavy atom. The van der Waals surface area contributed by atoms with Crippen LogP contribution in [0.25, 0.3) is 0 Å². The number of halogens is 2. The van der Waals surface area contributed by atoms with Crippen LogP contribution >= 0.6 is 11.3 Å². The lowest BCUT2D eigenvalue weighted by Crippen LogP contribution is -2.70. The minimum absolute atomic E-state index is 0.0681. The van der Waals surface area contributed by atoms with Crippen molar-refractivity contribution < 1.29 is 33.4 Å². The van der Waals surface area contributed by atoms with Crippen LogP contribution in [0.4, 0.5) is 8.78 Å². The third kappa shape index (κ3) is 2.84. The molecular weight excluding hydrogens is 488 g/mol. The first-order valence-corrected chi connectivity index (χ1v) is 13.5. The molecule has 1 aromatic heterocycles. The first-order valence-electron chi connectivity index (χ1n) is 12.6. The summed E-state index contributed by atoms with van der Waals surface area (Å²) >= 11 is 1.58. The lowest BCUT2D eigenvalue weighted by Gasteiger charge is -2.63. The van der Waals surface area contributed by atoms with Gasteiger partial charge in [0, 0.05) is 34.1 Å². The number of alkyl halides is 2. The van der Waals surface area contributed by atoms with Crippen molar-refractivity contribution in [3.05, 3.63) is 46.2 Å². The molecule has 1 aliphatic heterocycles. The Labute approximate surface area is 212 Å². The molecule has 1 saturated heterocycles. The van der Waals surface area contributed by atoms with Gasteiger partial charge in [-0.3, -0.25) is 14.4 Å². The number of fused-ring (bicyclic) bond motifs is 7. The van der Waals surface area contributed by atoms with Gasteiger partial charge in [-0.15, -0.1) is 11.3 Å². The second kappa shape index (κ2) is 7.86. The van der Waals surface area contributed by atoms with Crippen LogP contribution in [0.1, 0.15) is 38.0 Å². The summed E-state index contributed by atoms with van der Waals surface area (Å²) < 4.78 is 33.0. The Kier molecular flexibility index (Phi) is 5.36. The van der Waals surface area contributed by atoms with Crippen LogP contribution in [0.3, 0.4) is 0 Å². The summed E-state index contributed by atoms with van der Waals surface area (Å²) in [6, 6.07) is 3.92. The standard InChI is InChI=1S/C27H31F2NO5S/c1-24-6-5-16(32)9-20(24)21(28)10-19-18-8-15-12-30(13-17-4-3-7-36-17)35-27(15,23(34)14-31)25(18,2)11-22(33)26(19,24)29/h3-7,9,15,18-19,21-22,31,33H,8,10-14H2,1-2H3/t15-,18-,19-,21-,22-,24-,25-,26-,27-/m0/s1. The number of allylic oxidation sites excluding steroid dienone is 4. The van der Waals surface area contributed by atoms with Crippen LogP contribution in [0.2, 0.25) is 0 Å². The van der Waals surface area contributed by atoms with E-state index >= 15 is 8.78 Å². The lowest BCUT2D eigenvalue weighted by atomic mass is 9.44. The van der Waals surface area contributed by atoms with Gasteiger partial charge in [-0.25, -0.2) is 8.78 Å². The van der Waals surface area contributed by atoms with Gasteiger partial charge in [-0.1, -0.05) is 19.1 Å². The van der Waals surface area contributed by atoms with Crippen LogP contribution < -0.4 is 0 Å². The number of hydrogen-bond acceptors (Lipinski definition) is 7. The monoisotopic (exact) mass is 519 g/mol. The topological polar surface area (TPSA) is 87.1 Å². The van der Waals surface area contributed by atoms with E-state index in [4.69, 9.17) is 4.84 Å². The maximum absolute atomic E-state index is 17.3. The second-order valence-electron chi connectivity index (χ2n) is 11.6. The van der Waals surface area contributed by atoms with E-state index < -0.39 is 58.6 Å². The molecule has 3 saturated carbocycles. The quantitative estimate of drug-likeness (QED) is 0.635. The van der Waals surface area contributed by atoms with Gasteiger partial charge in [0.15, 0.2) is 22.8 Å². The molecular formula is C27H31F2NO5S. The van der Waals surface area contributed by atoms with E-state index in [1.807, 2.05) is 24.4 Å². The molecule has 194 valence electrons. The molecule has 0 bridgehead atoms. The number of carbonyl (C=O) groups excluding carboxylic acids is 2. The van der Waals surface area contributed by atoms with Crippen molar-refractivity contribution in [3.63, 3.8) is 0 Å². The van der Waals surface area contributed by atoms with E-state index in [-0.39, 0.29) is 30.1 Å². The van der Waals surface area contributed by atoms with E-state index in [0.717, 1.165) is 4.88 Å². The molecule has 1 aromatic rings. The predicted molar refractivity (Wildman–Crippen MR) is 128 cm³/mol. The van der Waals surface area contributed by atoms with E-state index in [1.54, 1.807) is 23.3 Å². The van der Waals surface area contributed by atoms with Gasteiger partial charge in [0.2, 0.25) is 0 Å². The number of carbonyl (C=O) groups is 2. The van der Waals surface area contributed by atoms with E-state index in [1.165, 1.54) is 18.2 Å². The lowest BCUT2D eigenvalue weighted by molar-refractivity contribution is -0.269. The zero-order valence-corrected chi connectivity index (χ0v) is 21.1. The second-order valence-corrected chi connectivity index (χ2v) is 12.6.